The van der Waals surface area contributed by atoms with Crippen LogP contribution in [0.3, 0.4) is 0 Å². The number of carbonyl (C=O) groups is 1. The third-order valence-electron chi connectivity index (χ3n) is 4.41. The molecule has 1 aromatic carbocycles. The monoisotopic (exact) mass is 323 g/mol. The fourth-order valence-corrected chi connectivity index (χ4v) is 4.70. The first kappa shape index (κ1) is 17.0. The van der Waals surface area contributed by atoms with Gasteiger partial charge in [0.2, 0.25) is 0 Å². The number of sulfone groups is 1. The lowest BCUT2D eigenvalue weighted by Gasteiger charge is -2.28. The van der Waals surface area contributed by atoms with E-state index in [9.17, 15) is 13.2 Å². The predicted molar refractivity (Wildman–Crippen MR) is 89.0 cm³/mol. The van der Waals surface area contributed by atoms with E-state index in [2.05, 4.69) is 13.8 Å². The second-order valence-electron chi connectivity index (χ2n) is 6.38. The summed E-state index contributed by atoms with van der Waals surface area (Å²) in [6.45, 7) is 8.56. The molecule has 1 heterocycles. The Labute approximate surface area is 133 Å². The van der Waals surface area contributed by atoms with Gasteiger partial charge in [0.05, 0.1) is 11.5 Å². The number of hydrogen-bond donors (Lipinski definition) is 0. The molecule has 1 aliphatic heterocycles. The molecule has 2 rings (SSSR count). The number of hydrogen-bond acceptors (Lipinski definition) is 3. The van der Waals surface area contributed by atoms with Crippen LogP contribution in [0.1, 0.15) is 54.6 Å². The van der Waals surface area contributed by atoms with Gasteiger partial charge < -0.3 is 4.90 Å². The maximum absolute atomic E-state index is 12.9. The Kier molecular flexibility index (Phi) is 4.95. The Morgan fingerprint density at radius 3 is 2.55 bits per heavy atom. The van der Waals surface area contributed by atoms with Crippen molar-refractivity contribution in [1.82, 2.24) is 4.90 Å². The summed E-state index contributed by atoms with van der Waals surface area (Å²) in [4.78, 5) is 14.6. The molecule has 1 saturated heterocycles. The van der Waals surface area contributed by atoms with Crippen molar-refractivity contribution in [3.8, 4) is 0 Å². The second kappa shape index (κ2) is 6.41. The van der Waals surface area contributed by atoms with Crippen molar-refractivity contribution in [1.29, 1.82) is 0 Å². The lowest BCUT2D eigenvalue weighted by Crippen LogP contribution is -2.41. The highest BCUT2D eigenvalue weighted by atomic mass is 32.2. The number of carbonyl (C=O) groups excluding carboxylic acids is 1. The molecule has 4 nitrogen and oxygen atoms in total. The summed E-state index contributed by atoms with van der Waals surface area (Å²) in [5.74, 6) is 0.584. The summed E-state index contributed by atoms with van der Waals surface area (Å²) in [6, 6.07) is 5.79. The van der Waals surface area contributed by atoms with Crippen LogP contribution in [-0.2, 0) is 9.84 Å². The van der Waals surface area contributed by atoms with E-state index in [1.54, 1.807) is 4.90 Å². The molecule has 0 N–H and O–H groups in total. The molecule has 1 unspecified atom stereocenters. The Bertz CT molecular complexity index is 664. The molecule has 122 valence electrons. The van der Waals surface area contributed by atoms with Crippen molar-refractivity contribution in [3.05, 3.63) is 34.9 Å². The highest BCUT2D eigenvalue weighted by Gasteiger charge is 2.34. The standard InChI is InChI=1S/C17H25NO3S/c1-5-18(15-8-9-22(20,21)11-15)17(19)16-10-14(12(2)3)7-6-13(16)4/h6-7,10,12,15H,5,8-9,11H2,1-4H3. The van der Waals surface area contributed by atoms with E-state index < -0.39 is 9.84 Å². The Morgan fingerprint density at radius 2 is 2.05 bits per heavy atom. The zero-order valence-corrected chi connectivity index (χ0v) is 14.6. The van der Waals surface area contributed by atoms with Crippen LogP contribution < -0.4 is 0 Å². The molecule has 5 heteroatoms. The van der Waals surface area contributed by atoms with Crippen molar-refractivity contribution in [3.63, 3.8) is 0 Å². The SMILES string of the molecule is CCN(C(=O)c1cc(C(C)C)ccc1C)C1CCS(=O)(=O)C1. The first-order chi connectivity index (χ1) is 10.2. The summed E-state index contributed by atoms with van der Waals surface area (Å²) < 4.78 is 23.4. The lowest BCUT2D eigenvalue weighted by molar-refractivity contribution is 0.0707. The molecule has 1 aromatic rings. The van der Waals surface area contributed by atoms with Gasteiger partial charge in [-0.15, -0.1) is 0 Å². The zero-order valence-electron chi connectivity index (χ0n) is 13.8. The molecular weight excluding hydrogens is 298 g/mol. The fraction of sp³-hybridized carbons (Fsp3) is 0.588. The van der Waals surface area contributed by atoms with Gasteiger partial charge in [0.25, 0.3) is 5.91 Å². The van der Waals surface area contributed by atoms with Gasteiger partial charge in [0, 0.05) is 18.2 Å². The predicted octanol–water partition coefficient (Wildman–Crippen LogP) is 2.77. The molecule has 0 aromatic heterocycles. The van der Waals surface area contributed by atoms with E-state index >= 15 is 0 Å². The molecule has 1 amide bonds. The van der Waals surface area contributed by atoms with Crippen LogP contribution in [0, 0.1) is 6.92 Å². The largest absolute Gasteiger partial charge is 0.335 e. The van der Waals surface area contributed by atoms with Crippen LogP contribution in [0.15, 0.2) is 18.2 Å². The van der Waals surface area contributed by atoms with Gasteiger partial charge in [-0.25, -0.2) is 8.42 Å². The first-order valence-electron chi connectivity index (χ1n) is 7.87. The van der Waals surface area contributed by atoms with Crippen LogP contribution in [0.2, 0.25) is 0 Å². The fourth-order valence-electron chi connectivity index (χ4n) is 2.97. The van der Waals surface area contributed by atoms with Gasteiger partial charge in [0.15, 0.2) is 9.84 Å². The molecule has 1 atom stereocenters. The van der Waals surface area contributed by atoms with Crippen LogP contribution in [0.4, 0.5) is 0 Å². The molecule has 0 aliphatic carbocycles. The Hall–Kier alpha value is -1.36. The molecule has 0 radical (unpaired) electrons. The third-order valence-corrected chi connectivity index (χ3v) is 6.16. The highest BCUT2D eigenvalue weighted by Crippen LogP contribution is 2.23. The molecule has 0 spiro atoms. The number of benzene rings is 1. The quantitative estimate of drug-likeness (QED) is 0.856. The van der Waals surface area contributed by atoms with E-state index in [1.165, 1.54) is 0 Å². The summed E-state index contributed by atoms with van der Waals surface area (Å²) >= 11 is 0. The van der Waals surface area contributed by atoms with Gasteiger partial charge in [-0.05, 0) is 43.4 Å². The van der Waals surface area contributed by atoms with Gasteiger partial charge >= 0.3 is 0 Å². The van der Waals surface area contributed by atoms with Gasteiger partial charge in [0.1, 0.15) is 0 Å². The lowest BCUT2D eigenvalue weighted by atomic mass is 9.97. The van der Waals surface area contributed by atoms with Crippen LogP contribution in [0.25, 0.3) is 0 Å². The Morgan fingerprint density at radius 1 is 1.36 bits per heavy atom. The number of amides is 1. The second-order valence-corrected chi connectivity index (χ2v) is 8.61. The van der Waals surface area contributed by atoms with Crippen molar-refractivity contribution >= 4 is 15.7 Å². The molecule has 22 heavy (non-hydrogen) atoms. The minimum Gasteiger partial charge on any atom is -0.335 e. The molecule has 0 bridgehead atoms. The van der Waals surface area contributed by atoms with E-state index in [0.717, 1.165) is 11.1 Å². The van der Waals surface area contributed by atoms with Crippen LogP contribution in [0.5, 0.6) is 0 Å². The summed E-state index contributed by atoms with van der Waals surface area (Å²) in [7, 11) is -2.99. The summed E-state index contributed by atoms with van der Waals surface area (Å²) in [5, 5.41) is 0. The van der Waals surface area contributed by atoms with Gasteiger partial charge in [-0.2, -0.15) is 0 Å². The van der Waals surface area contributed by atoms with E-state index in [4.69, 9.17) is 0 Å². The maximum atomic E-state index is 12.9. The van der Waals surface area contributed by atoms with Gasteiger partial charge in [-0.1, -0.05) is 26.0 Å². The molecular formula is C17H25NO3S. The van der Waals surface area contributed by atoms with Crippen molar-refractivity contribution in [2.45, 2.75) is 46.1 Å². The zero-order chi connectivity index (χ0) is 16.5. The normalized spacial score (nSPS) is 20.3. The highest BCUT2D eigenvalue weighted by molar-refractivity contribution is 7.91. The Balaban J connectivity index is 2.31. The maximum Gasteiger partial charge on any atom is 0.254 e. The number of nitrogens with zero attached hydrogens (tertiary/aromatic N) is 1. The minimum absolute atomic E-state index is 0.0513. The van der Waals surface area contributed by atoms with Crippen molar-refractivity contribution in [2.75, 3.05) is 18.1 Å². The third kappa shape index (κ3) is 3.51. The minimum atomic E-state index is -2.99. The average molecular weight is 323 g/mol. The number of aryl methyl sites for hydroxylation is 1. The van der Waals surface area contributed by atoms with Gasteiger partial charge in [-0.3, -0.25) is 4.79 Å². The topological polar surface area (TPSA) is 54.5 Å². The summed E-state index contributed by atoms with van der Waals surface area (Å²) in [6.07, 6.45) is 0.546. The van der Waals surface area contributed by atoms with Crippen molar-refractivity contribution < 1.29 is 13.2 Å². The van der Waals surface area contributed by atoms with E-state index in [-0.39, 0.29) is 23.5 Å². The van der Waals surface area contributed by atoms with E-state index in [0.29, 0.717) is 24.4 Å². The molecule has 0 saturated carbocycles. The smallest absolute Gasteiger partial charge is 0.254 e. The van der Waals surface area contributed by atoms with Crippen LogP contribution >= 0.6 is 0 Å². The van der Waals surface area contributed by atoms with E-state index in [1.807, 2.05) is 32.0 Å². The number of rotatable bonds is 4. The first-order valence-corrected chi connectivity index (χ1v) is 9.69. The average Bonchev–Trinajstić information content (AvgIpc) is 2.79. The summed E-state index contributed by atoms with van der Waals surface area (Å²) in [5.41, 5.74) is 2.76. The molecule has 1 fully saturated rings. The molecule has 1 aliphatic rings. The van der Waals surface area contributed by atoms with Crippen LogP contribution in [-0.4, -0.2) is 43.3 Å². The van der Waals surface area contributed by atoms with Crippen molar-refractivity contribution in [2.24, 2.45) is 0 Å².